The van der Waals surface area contributed by atoms with Crippen LogP contribution in [0.3, 0.4) is 0 Å². The number of carbonyl (C=O) groups is 2. The van der Waals surface area contributed by atoms with E-state index >= 15 is 0 Å². The Kier molecular flexibility index (Phi) is 6.26. The van der Waals surface area contributed by atoms with E-state index in [0.717, 1.165) is 5.56 Å². The molecule has 1 heterocycles. The largest absolute Gasteiger partial charge is 0.486 e. The number of carbonyl (C=O) groups excluding carboxylic acids is 2. The summed E-state index contributed by atoms with van der Waals surface area (Å²) in [5.41, 5.74) is 1.28. The summed E-state index contributed by atoms with van der Waals surface area (Å²) in [6.07, 6.45) is 2.81. The second-order valence-electron chi connectivity index (χ2n) is 5.96. The first-order valence-electron chi connectivity index (χ1n) is 8.87. The van der Waals surface area contributed by atoms with E-state index in [1.807, 2.05) is 0 Å². The second kappa shape index (κ2) is 9.03. The van der Waals surface area contributed by atoms with Crippen LogP contribution < -0.4 is 14.4 Å². The molecule has 1 aliphatic rings. The van der Waals surface area contributed by atoms with Gasteiger partial charge in [0.1, 0.15) is 19.0 Å². The molecule has 0 aromatic heterocycles. The third kappa shape index (κ3) is 4.88. The van der Waals surface area contributed by atoms with Gasteiger partial charge < -0.3 is 19.1 Å². The van der Waals surface area contributed by atoms with E-state index in [2.05, 4.69) is 0 Å². The van der Waals surface area contributed by atoms with Crippen molar-refractivity contribution in [2.24, 2.45) is 0 Å². The lowest BCUT2D eigenvalue weighted by Gasteiger charge is -2.20. The molecule has 2 aromatic carbocycles. The maximum absolute atomic E-state index is 13.0. The van der Waals surface area contributed by atoms with Gasteiger partial charge in [0.25, 0.3) is 5.91 Å². The van der Waals surface area contributed by atoms with E-state index in [4.69, 9.17) is 14.2 Å². The Balaban J connectivity index is 1.55. The van der Waals surface area contributed by atoms with Crippen molar-refractivity contribution in [2.45, 2.75) is 6.92 Å². The van der Waals surface area contributed by atoms with Gasteiger partial charge in [0.2, 0.25) is 0 Å². The van der Waals surface area contributed by atoms with Gasteiger partial charge in [-0.25, -0.2) is 9.18 Å². The van der Waals surface area contributed by atoms with Gasteiger partial charge in [-0.3, -0.25) is 4.79 Å². The van der Waals surface area contributed by atoms with Crippen molar-refractivity contribution in [2.75, 3.05) is 31.3 Å². The first-order valence-corrected chi connectivity index (χ1v) is 8.87. The lowest BCUT2D eigenvalue weighted by atomic mass is 10.2. The van der Waals surface area contributed by atoms with Crippen molar-refractivity contribution in [3.05, 3.63) is 59.9 Å². The van der Waals surface area contributed by atoms with E-state index in [9.17, 15) is 14.0 Å². The second-order valence-corrected chi connectivity index (χ2v) is 5.96. The van der Waals surface area contributed by atoms with Crippen molar-refractivity contribution < 1.29 is 28.2 Å². The fraction of sp³-hybridized carbons (Fsp3) is 0.238. The van der Waals surface area contributed by atoms with E-state index in [1.54, 1.807) is 31.2 Å². The molecule has 0 radical (unpaired) electrons. The number of anilines is 1. The van der Waals surface area contributed by atoms with Crippen molar-refractivity contribution in [3.8, 4) is 11.5 Å². The number of ether oxygens (including phenoxy) is 3. The minimum absolute atomic E-state index is 0.370. The highest BCUT2D eigenvalue weighted by Gasteiger charge is 2.16. The number of hydrogen-bond donors (Lipinski definition) is 0. The van der Waals surface area contributed by atoms with Gasteiger partial charge in [0, 0.05) is 18.3 Å². The first-order chi connectivity index (χ1) is 13.6. The molecule has 2 aromatic rings. The maximum Gasteiger partial charge on any atom is 0.331 e. The molecule has 0 N–H and O–H groups in total. The van der Waals surface area contributed by atoms with Crippen molar-refractivity contribution in [1.82, 2.24) is 0 Å². The number of esters is 1. The summed E-state index contributed by atoms with van der Waals surface area (Å²) < 4.78 is 29.0. The highest BCUT2D eigenvalue weighted by Crippen LogP contribution is 2.31. The summed E-state index contributed by atoms with van der Waals surface area (Å²) in [4.78, 5) is 25.6. The molecule has 1 amide bonds. The normalized spacial score (nSPS) is 12.6. The fourth-order valence-electron chi connectivity index (χ4n) is 2.71. The van der Waals surface area contributed by atoms with Crippen molar-refractivity contribution >= 4 is 23.6 Å². The van der Waals surface area contributed by atoms with Gasteiger partial charge in [0.15, 0.2) is 18.1 Å². The number of rotatable bonds is 6. The topological polar surface area (TPSA) is 65.1 Å². The molecule has 146 valence electrons. The molecule has 0 bridgehead atoms. The molecule has 0 fully saturated rings. The monoisotopic (exact) mass is 385 g/mol. The van der Waals surface area contributed by atoms with Crippen LogP contribution in [-0.2, 0) is 14.3 Å². The zero-order valence-corrected chi connectivity index (χ0v) is 15.4. The minimum atomic E-state index is -0.640. The number of fused-ring (bicyclic) bond motifs is 1. The third-order valence-electron chi connectivity index (χ3n) is 4.07. The SMILES string of the molecule is CCN(C(=O)COC(=O)/C=C/c1ccc2c(c1)OCCO2)c1ccc(F)cc1. The zero-order valence-electron chi connectivity index (χ0n) is 15.4. The molecule has 28 heavy (non-hydrogen) atoms. The number of hydrogen-bond acceptors (Lipinski definition) is 5. The maximum atomic E-state index is 13.0. The van der Waals surface area contributed by atoms with Crippen LogP contribution in [0.5, 0.6) is 11.5 Å². The van der Waals surface area contributed by atoms with Crippen LogP contribution >= 0.6 is 0 Å². The van der Waals surface area contributed by atoms with Crippen LogP contribution in [0, 0.1) is 5.82 Å². The summed E-state index contributed by atoms with van der Waals surface area (Å²) >= 11 is 0. The van der Waals surface area contributed by atoms with E-state index < -0.39 is 18.5 Å². The van der Waals surface area contributed by atoms with Crippen LogP contribution in [0.1, 0.15) is 12.5 Å². The highest BCUT2D eigenvalue weighted by molar-refractivity contribution is 5.96. The molecule has 0 saturated heterocycles. The predicted octanol–water partition coefficient (Wildman–Crippen LogP) is 3.21. The molecule has 0 unspecified atom stereocenters. The Morgan fingerprint density at radius 3 is 2.54 bits per heavy atom. The molecule has 0 atom stereocenters. The molecule has 7 heteroatoms. The molecule has 0 spiro atoms. The number of nitrogens with zero attached hydrogens (tertiary/aromatic N) is 1. The quantitative estimate of drug-likeness (QED) is 0.564. The lowest BCUT2D eigenvalue weighted by molar-refractivity contribution is -0.142. The molecule has 0 saturated carbocycles. The molecule has 3 rings (SSSR count). The Morgan fingerprint density at radius 1 is 1.11 bits per heavy atom. The number of likely N-dealkylation sites (N-methyl/N-ethyl adjacent to an activating group) is 1. The number of benzene rings is 2. The number of halogens is 1. The van der Waals surface area contributed by atoms with Crippen LogP contribution in [-0.4, -0.2) is 38.2 Å². The summed E-state index contributed by atoms with van der Waals surface area (Å²) in [6, 6.07) is 10.9. The van der Waals surface area contributed by atoms with Crippen LogP contribution in [0.2, 0.25) is 0 Å². The molecular weight excluding hydrogens is 365 g/mol. The smallest absolute Gasteiger partial charge is 0.331 e. The molecule has 6 nitrogen and oxygen atoms in total. The Bertz CT molecular complexity index is 879. The van der Waals surface area contributed by atoms with Gasteiger partial charge in [-0.05, 0) is 55.0 Å². The van der Waals surface area contributed by atoms with Crippen LogP contribution in [0.4, 0.5) is 10.1 Å². The number of amides is 1. The lowest BCUT2D eigenvalue weighted by Crippen LogP contribution is -2.34. The average Bonchev–Trinajstić information content (AvgIpc) is 2.72. The van der Waals surface area contributed by atoms with E-state index in [-0.39, 0.29) is 5.82 Å². The van der Waals surface area contributed by atoms with Crippen molar-refractivity contribution in [3.63, 3.8) is 0 Å². The van der Waals surface area contributed by atoms with Gasteiger partial charge in [0.05, 0.1) is 0 Å². The Labute approximate surface area is 162 Å². The van der Waals surface area contributed by atoms with Gasteiger partial charge in [-0.2, -0.15) is 0 Å². The third-order valence-corrected chi connectivity index (χ3v) is 4.07. The Hall–Kier alpha value is -3.35. The van der Waals surface area contributed by atoms with Gasteiger partial charge in [-0.1, -0.05) is 6.07 Å². The standard InChI is InChI=1S/C21H20FNO5/c1-2-23(17-7-5-16(22)6-8-17)20(24)14-28-21(25)10-4-15-3-9-18-19(13-15)27-12-11-26-18/h3-10,13H,2,11-12,14H2,1H3/b10-4+. The van der Waals surface area contributed by atoms with Gasteiger partial charge in [-0.15, -0.1) is 0 Å². The summed E-state index contributed by atoms with van der Waals surface area (Å²) in [7, 11) is 0. The van der Waals surface area contributed by atoms with Crippen molar-refractivity contribution in [1.29, 1.82) is 0 Å². The minimum Gasteiger partial charge on any atom is -0.486 e. The zero-order chi connectivity index (χ0) is 19.9. The van der Waals surface area contributed by atoms with Crippen LogP contribution in [0.15, 0.2) is 48.5 Å². The average molecular weight is 385 g/mol. The van der Waals surface area contributed by atoms with E-state index in [0.29, 0.717) is 36.9 Å². The first kappa shape index (κ1) is 19.4. The van der Waals surface area contributed by atoms with E-state index in [1.165, 1.54) is 35.2 Å². The van der Waals surface area contributed by atoms with Crippen LogP contribution in [0.25, 0.3) is 6.08 Å². The highest BCUT2D eigenvalue weighted by atomic mass is 19.1. The molecule has 1 aliphatic heterocycles. The summed E-state index contributed by atoms with van der Waals surface area (Å²) in [5.74, 6) is -0.136. The summed E-state index contributed by atoms with van der Waals surface area (Å²) in [5, 5.41) is 0. The summed E-state index contributed by atoms with van der Waals surface area (Å²) in [6.45, 7) is 2.73. The van der Waals surface area contributed by atoms with Gasteiger partial charge >= 0.3 is 5.97 Å². The Morgan fingerprint density at radius 2 is 1.82 bits per heavy atom. The molecular formula is C21H20FNO5. The molecule has 0 aliphatic carbocycles. The predicted molar refractivity (Wildman–Crippen MR) is 102 cm³/mol. The fourth-order valence-corrected chi connectivity index (χ4v) is 2.71.